The number of nitrogens with zero attached hydrogens (tertiary/aromatic N) is 1. The Morgan fingerprint density at radius 2 is 1.67 bits per heavy atom. The largest absolute Gasteiger partial charge is 0.481 e. The summed E-state index contributed by atoms with van der Waals surface area (Å²) in [5.41, 5.74) is 1.32. The summed E-state index contributed by atoms with van der Waals surface area (Å²) in [4.78, 5) is 36.9. The maximum atomic E-state index is 12.6. The molecule has 1 aromatic carbocycles. The van der Waals surface area contributed by atoms with Crippen LogP contribution in [-0.2, 0) is 14.4 Å². The maximum Gasteiger partial charge on any atom is 0.307 e. The first-order valence-electron chi connectivity index (χ1n) is 7.95. The van der Waals surface area contributed by atoms with Crippen molar-refractivity contribution in [3.05, 3.63) is 36.4 Å². The first-order chi connectivity index (χ1) is 11.4. The molecule has 6 nitrogen and oxygen atoms in total. The van der Waals surface area contributed by atoms with E-state index in [2.05, 4.69) is 5.32 Å². The van der Waals surface area contributed by atoms with E-state index in [9.17, 15) is 19.5 Å². The number of carboxylic acid groups (broad SMARTS) is 1. The number of benzene rings is 1. The molecule has 2 aliphatic rings. The monoisotopic (exact) mass is 328 g/mol. The number of rotatable bonds is 4. The normalized spacial score (nSPS) is 27.1. The summed E-state index contributed by atoms with van der Waals surface area (Å²) in [5, 5.41) is 12.2. The Kier molecular flexibility index (Phi) is 4.13. The van der Waals surface area contributed by atoms with Crippen molar-refractivity contribution in [3.8, 4) is 0 Å². The van der Waals surface area contributed by atoms with Gasteiger partial charge in [0.05, 0.1) is 11.8 Å². The van der Waals surface area contributed by atoms with E-state index in [0.717, 1.165) is 12.1 Å². The molecule has 24 heavy (non-hydrogen) atoms. The van der Waals surface area contributed by atoms with Gasteiger partial charge in [-0.25, -0.2) is 0 Å². The number of hydrogen-bond acceptors (Lipinski definition) is 3. The van der Waals surface area contributed by atoms with Gasteiger partial charge < -0.3 is 15.3 Å². The first-order valence-corrected chi connectivity index (χ1v) is 7.95. The number of carbonyl (C=O) groups excluding carboxylic acids is 2. The average molecular weight is 328 g/mol. The van der Waals surface area contributed by atoms with Gasteiger partial charge in [-0.3, -0.25) is 14.4 Å². The van der Waals surface area contributed by atoms with Gasteiger partial charge in [0.25, 0.3) is 0 Å². The topological polar surface area (TPSA) is 86.7 Å². The third kappa shape index (κ3) is 2.79. The molecule has 3 rings (SSSR count). The zero-order chi connectivity index (χ0) is 17.4. The molecule has 2 bridgehead atoms. The molecule has 0 spiro atoms. The predicted molar refractivity (Wildman–Crippen MR) is 89.5 cm³/mol. The van der Waals surface area contributed by atoms with Crippen molar-refractivity contribution in [3.63, 3.8) is 0 Å². The van der Waals surface area contributed by atoms with Crippen molar-refractivity contribution in [2.45, 2.75) is 13.3 Å². The van der Waals surface area contributed by atoms with Gasteiger partial charge in [-0.2, -0.15) is 0 Å². The number of fused-ring (bicyclic) bond motifs is 2. The van der Waals surface area contributed by atoms with Crippen LogP contribution in [0.3, 0.4) is 0 Å². The van der Waals surface area contributed by atoms with Crippen LogP contribution in [0.4, 0.5) is 11.4 Å². The van der Waals surface area contributed by atoms with Gasteiger partial charge in [0.2, 0.25) is 11.8 Å². The van der Waals surface area contributed by atoms with E-state index in [1.165, 1.54) is 11.8 Å². The van der Waals surface area contributed by atoms with Crippen molar-refractivity contribution in [1.82, 2.24) is 0 Å². The number of carboxylic acids is 1. The molecule has 2 N–H and O–H groups in total. The summed E-state index contributed by atoms with van der Waals surface area (Å²) in [5.74, 6) is -2.48. The van der Waals surface area contributed by atoms with E-state index in [1.807, 2.05) is 12.2 Å². The van der Waals surface area contributed by atoms with E-state index in [0.29, 0.717) is 5.69 Å². The Hall–Kier alpha value is -2.63. The standard InChI is InChI=1S/C18H20N2O4/c1-10(21)20(2)14-7-5-13(6-8-14)19-17(22)15-11-3-4-12(9-11)16(15)18(23)24/h3-8,11-12,15-16H,9H2,1-2H3,(H,19,22)(H,23,24)/t11-,12-,15-,16+/m0/s1. The summed E-state index contributed by atoms with van der Waals surface area (Å²) < 4.78 is 0. The minimum atomic E-state index is -0.912. The van der Waals surface area contributed by atoms with Crippen molar-refractivity contribution in [2.75, 3.05) is 17.3 Å². The Morgan fingerprint density at radius 1 is 1.08 bits per heavy atom. The molecule has 0 radical (unpaired) electrons. The molecule has 1 fully saturated rings. The lowest BCUT2D eigenvalue weighted by molar-refractivity contribution is -0.146. The van der Waals surface area contributed by atoms with E-state index >= 15 is 0 Å². The zero-order valence-corrected chi connectivity index (χ0v) is 13.6. The highest BCUT2D eigenvalue weighted by Gasteiger charge is 2.51. The summed E-state index contributed by atoms with van der Waals surface area (Å²) in [7, 11) is 1.68. The fourth-order valence-electron chi connectivity index (χ4n) is 3.69. The Labute approximate surface area is 140 Å². The van der Waals surface area contributed by atoms with Crippen molar-refractivity contribution in [1.29, 1.82) is 0 Å². The van der Waals surface area contributed by atoms with Gasteiger partial charge in [0.1, 0.15) is 0 Å². The highest BCUT2D eigenvalue weighted by atomic mass is 16.4. The number of hydrogen-bond donors (Lipinski definition) is 2. The Balaban J connectivity index is 1.72. The second kappa shape index (κ2) is 6.11. The van der Waals surface area contributed by atoms with Gasteiger partial charge in [-0.05, 0) is 42.5 Å². The van der Waals surface area contributed by atoms with Gasteiger partial charge in [0, 0.05) is 25.3 Å². The summed E-state index contributed by atoms with van der Waals surface area (Å²) >= 11 is 0. The lowest BCUT2D eigenvalue weighted by Crippen LogP contribution is -2.36. The van der Waals surface area contributed by atoms with Crippen molar-refractivity contribution in [2.24, 2.45) is 23.7 Å². The minimum Gasteiger partial charge on any atom is -0.481 e. The average Bonchev–Trinajstić information content (AvgIpc) is 3.15. The quantitative estimate of drug-likeness (QED) is 0.829. The molecule has 0 aromatic heterocycles. The van der Waals surface area contributed by atoms with Crippen LogP contribution in [0.5, 0.6) is 0 Å². The molecule has 0 heterocycles. The fraction of sp³-hybridized carbons (Fsp3) is 0.389. The van der Waals surface area contributed by atoms with Crippen LogP contribution in [0.25, 0.3) is 0 Å². The van der Waals surface area contributed by atoms with Crippen LogP contribution in [-0.4, -0.2) is 29.9 Å². The highest BCUT2D eigenvalue weighted by Crippen LogP contribution is 2.48. The SMILES string of the molecule is CC(=O)N(C)c1ccc(NC(=O)[C@@H]2[C@H](C(=O)O)[C@H]3C=C[C@H]2C3)cc1. The summed E-state index contributed by atoms with van der Waals surface area (Å²) in [6.45, 7) is 1.48. The smallest absolute Gasteiger partial charge is 0.307 e. The zero-order valence-electron chi connectivity index (χ0n) is 13.6. The molecule has 0 unspecified atom stereocenters. The van der Waals surface area contributed by atoms with Crippen LogP contribution in [0, 0.1) is 23.7 Å². The van der Waals surface area contributed by atoms with Crippen LogP contribution in [0.1, 0.15) is 13.3 Å². The minimum absolute atomic E-state index is 0.000723. The summed E-state index contributed by atoms with van der Waals surface area (Å²) in [6.07, 6.45) is 4.61. The molecule has 0 aliphatic heterocycles. The maximum absolute atomic E-state index is 12.6. The molecule has 1 aromatic rings. The second-order valence-electron chi connectivity index (χ2n) is 6.45. The molecular weight excluding hydrogens is 308 g/mol. The van der Waals surface area contributed by atoms with E-state index in [-0.39, 0.29) is 23.7 Å². The van der Waals surface area contributed by atoms with Crippen LogP contribution in [0.15, 0.2) is 36.4 Å². The lowest BCUT2D eigenvalue weighted by Gasteiger charge is -2.24. The van der Waals surface area contributed by atoms with Crippen molar-refractivity contribution >= 4 is 29.2 Å². The molecule has 1 saturated carbocycles. The Bertz CT molecular complexity index is 710. The molecule has 2 aliphatic carbocycles. The van der Waals surface area contributed by atoms with E-state index < -0.39 is 17.8 Å². The second-order valence-corrected chi connectivity index (χ2v) is 6.45. The number of nitrogens with one attached hydrogen (secondary N) is 1. The van der Waals surface area contributed by atoms with Gasteiger partial charge in [0.15, 0.2) is 0 Å². The van der Waals surface area contributed by atoms with Gasteiger partial charge in [-0.15, -0.1) is 0 Å². The molecule has 6 heteroatoms. The third-order valence-corrected chi connectivity index (χ3v) is 5.04. The molecule has 126 valence electrons. The van der Waals surface area contributed by atoms with E-state index in [4.69, 9.17) is 0 Å². The lowest BCUT2D eigenvalue weighted by atomic mass is 9.82. The Morgan fingerprint density at radius 3 is 2.21 bits per heavy atom. The molecule has 0 saturated heterocycles. The number of amides is 2. The predicted octanol–water partition coefficient (Wildman–Crippen LogP) is 2.13. The van der Waals surface area contributed by atoms with Gasteiger partial charge in [-0.1, -0.05) is 12.2 Å². The van der Waals surface area contributed by atoms with Crippen LogP contribution in [0.2, 0.25) is 0 Å². The fourth-order valence-corrected chi connectivity index (χ4v) is 3.69. The number of carbonyl (C=O) groups is 3. The third-order valence-electron chi connectivity index (χ3n) is 5.04. The molecule has 2 amide bonds. The summed E-state index contributed by atoms with van der Waals surface area (Å²) in [6, 6.07) is 6.91. The highest BCUT2D eigenvalue weighted by molar-refractivity contribution is 5.97. The van der Waals surface area contributed by atoms with Crippen molar-refractivity contribution < 1.29 is 19.5 Å². The van der Waals surface area contributed by atoms with Crippen LogP contribution >= 0.6 is 0 Å². The molecule has 4 atom stereocenters. The molecular formula is C18H20N2O4. The van der Waals surface area contributed by atoms with Crippen LogP contribution < -0.4 is 10.2 Å². The van der Waals surface area contributed by atoms with E-state index in [1.54, 1.807) is 31.3 Å². The number of allylic oxidation sites excluding steroid dienone is 2. The number of anilines is 2. The van der Waals surface area contributed by atoms with Gasteiger partial charge >= 0.3 is 5.97 Å². The first kappa shape index (κ1) is 16.2. The number of aliphatic carboxylic acids is 1.